The molecule has 0 bridgehead atoms. The Hall–Kier alpha value is -3.66. The molecule has 0 aliphatic carbocycles. The number of carbonyl (C=O) groups is 1. The number of halogens is 1. The molecule has 0 radical (unpaired) electrons. The molecular formula is C29H31ClN4O4S. The van der Waals surface area contributed by atoms with Crippen LogP contribution in [-0.2, 0) is 21.4 Å². The van der Waals surface area contributed by atoms with Gasteiger partial charge in [0.05, 0.1) is 23.6 Å². The number of ether oxygens (including phenoxy) is 1. The molecule has 0 aliphatic heterocycles. The van der Waals surface area contributed by atoms with E-state index in [1.54, 1.807) is 37.4 Å². The lowest BCUT2D eigenvalue weighted by atomic mass is 10.2. The number of aryl methyl sites for hydroxylation is 1. The number of nitrogens with one attached hydrogen (secondary N) is 2. The Balaban J connectivity index is 1.43. The molecule has 1 amide bonds. The molecule has 3 aromatic carbocycles. The highest BCUT2D eigenvalue weighted by atomic mass is 35.5. The highest BCUT2D eigenvalue weighted by molar-refractivity contribution is 7.89. The van der Waals surface area contributed by atoms with Crippen molar-refractivity contribution in [2.75, 3.05) is 31.6 Å². The number of aromatic nitrogens is 1. The average molecular weight is 567 g/mol. The maximum absolute atomic E-state index is 13.6. The number of pyridine rings is 1. The summed E-state index contributed by atoms with van der Waals surface area (Å²) in [6.07, 6.45) is 1.69. The van der Waals surface area contributed by atoms with Gasteiger partial charge in [0.25, 0.3) is 0 Å². The van der Waals surface area contributed by atoms with E-state index in [4.69, 9.17) is 16.3 Å². The van der Waals surface area contributed by atoms with Crippen LogP contribution in [-0.4, -0.2) is 49.9 Å². The van der Waals surface area contributed by atoms with Crippen LogP contribution in [0.3, 0.4) is 0 Å². The summed E-state index contributed by atoms with van der Waals surface area (Å²) in [5.41, 5.74) is 3.12. The average Bonchev–Trinajstić information content (AvgIpc) is 2.92. The minimum absolute atomic E-state index is 0.0622. The van der Waals surface area contributed by atoms with E-state index < -0.39 is 15.9 Å². The standard InChI is InChI=1S/C29H31ClN4O4S/c1-3-38-28-12-10-24(17-21(28)2)39(36,37)34(19-22-7-5-4-6-8-22)20-29(35)33-16-15-32-26-13-14-31-27-18-23(30)9-11-25(26)27/h4-14,17-18H,3,15-16,19-20H2,1-2H3,(H,31,32)(H,33,35). The summed E-state index contributed by atoms with van der Waals surface area (Å²) in [5, 5.41) is 7.64. The van der Waals surface area contributed by atoms with E-state index in [9.17, 15) is 13.2 Å². The summed E-state index contributed by atoms with van der Waals surface area (Å²) < 4.78 is 34.0. The minimum Gasteiger partial charge on any atom is -0.494 e. The van der Waals surface area contributed by atoms with Crippen molar-refractivity contribution < 1.29 is 17.9 Å². The fraction of sp³-hybridized carbons (Fsp3) is 0.241. The maximum atomic E-state index is 13.6. The molecule has 1 heterocycles. The number of fused-ring (bicyclic) bond motifs is 1. The van der Waals surface area contributed by atoms with E-state index in [0.29, 0.717) is 36.0 Å². The molecule has 0 saturated carbocycles. The van der Waals surface area contributed by atoms with Crippen molar-refractivity contribution in [3.8, 4) is 5.75 Å². The molecular weight excluding hydrogens is 536 g/mol. The van der Waals surface area contributed by atoms with Gasteiger partial charge in [0.2, 0.25) is 15.9 Å². The van der Waals surface area contributed by atoms with Crippen molar-refractivity contribution >= 4 is 44.1 Å². The molecule has 204 valence electrons. The Morgan fingerprint density at radius 2 is 1.82 bits per heavy atom. The summed E-state index contributed by atoms with van der Waals surface area (Å²) in [4.78, 5) is 17.3. The third-order valence-electron chi connectivity index (χ3n) is 6.07. The molecule has 0 aliphatic rings. The van der Waals surface area contributed by atoms with Crippen molar-refractivity contribution in [1.82, 2.24) is 14.6 Å². The normalized spacial score (nSPS) is 11.5. The van der Waals surface area contributed by atoms with Gasteiger partial charge in [-0.05, 0) is 67.4 Å². The van der Waals surface area contributed by atoms with Gasteiger partial charge in [0.1, 0.15) is 5.75 Å². The molecule has 8 nitrogen and oxygen atoms in total. The second kappa shape index (κ2) is 12.9. The molecule has 4 aromatic rings. The second-order valence-electron chi connectivity index (χ2n) is 8.92. The summed E-state index contributed by atoms with van der Waals surface area (Å²) in [5.74, 6) is 0.228. The van der Waals surface area contributed by atoms with Gasteiger partial charge in [-0.25, -0.2) is 8.42 Å². The van der Waals surface area contributed by atoms with Crippen LogP contribution >= 0.6 is 11.6 Å². The number of rotatable bonds is 12. The molecule has 39 heavy (non-hydrogen) atoms. The van der Waals surface area contributed by atoms with Crippen LogP contribution in [0.25, 0.3) is 10.9 Å². The maximum Gasteiger partial charge on any atom is 0.243 e. The number of hydrogen-bond acceptors (Lipinski definition) is 6. The van der Waals surface area contributed by atoms with E-state index in [-0.39, 0.29) is 18.0 Å². The van der Waals surface area contributed by atoms with Crippen LogP contribution in [0.2, 0.25) is 5.02 Å². The molecule has 0 saturated heterocycles. The summed E-state index contributed by atoms with van der Waals surface area (Å²) in [6, 6.07) is 21.3. The van der Waals surface area contributed by atoms with Crippen molar-refractivity contribution in [2.24, 2.45) is 0 Å². The fourth-order valence-electron chi connectivity index (χ4n) is 4.15. The third kappa shape index (κ3) is 7.26. The third-order valence-corrected chi connectivity index (χ3v) is 8.10. The van der Waals surface area contributed by atoms with Crippen LogP contribution < -0.4 is 15.4 Å². The van der Waals surface area contributed by atoms with E-state index in [1.807, 2.05) is 49.4 Å². The van der Waals surface area contributed by atoms with Crippen LogP contribution in [0.15, 0.2) is 83.9 Å². The van der Waals surface area contributed by atoms with Crippen LogP contribution in [0.4, 0.5) is 5.69 Å². The largest absolute Gasteiger partial charge is 0.494 e. The van der Waals surface area contributed by atoms with Gasteiger partial charge in [-0.3, -0.25) is 9.78 Å². The Morgan fingerprint density at radius 3 is 2.56 bits per heavy atom. The van der Waals surface area contributed by atoms with E-state index in [1.165, 1.54) is 10.4 Å². The molecule has 0 unspecified atom stereocenters. The predicted molar refractivity (Wildman–Crippen MR) is 155 cm³/mol. The smallest absolute Gasteiger partial charge is 0.243 e. The molecule has 10 heteroatoms. The van der Waals surface area contributed by atoms with Crippen LogP contribution in [0.1, 0.15) is 18.1 Å². The highest BCUT2D eigenvalue weighted by Crippen LogP contribution is 2.26. The van der Waals surface area contributed by atoms with Gasteiger partial charge in [-0.15, -0.1) is 0 Å². The SMILES string of the molecule is CCOc1ccc(S(=O)(=O)N(CC(=O)NCCNc2ccnc3cc(Cl)ccc23)Cc2ccccc2)cc1C. The lowest BCUT2D eigenvalue weighted by molar-refractivity contribution is -0.121. The lowest BCUT2D eigenvalue weighted by Gasteiger charge is -2.22. The van der Waals surface area contributed by atoms with E-state index in [0.717, 1.165) is 22.2 Å². The van der Waals surface area contributed by atoms with Crippen molar-refractivity contribution in [2.45, 2.75) is 25.3 Å². The monoisotopic (exact) mass is 566 g/mol. The zero-order chi connectivity index (χ0) is 27.8. The number of benzene rings is 3. The molecule has 2 N–H and O–H groups in total. The van der Waals surface area contributed by atoms with Crippen molar-refractivity contribution in [3.05, 3.63) is 95.1 Å². The summed E-state index contributed by atoms with van der Waals surface area (Å²) >= 11 is 6.06. The predicted octanol–water partition coefficient (Wildman–Crippen LogP) is 5.01. The Morgan fingerprint density at radius 1 is 1.03 bits per heavy atom. The number of sulfonamides is 1. The first kappa shape index (κ1) is 28.4. The molecule has 0 fully saturated rings. The Labute approximate surface area is 234 Å². The van der Waals surface area contributed by atoms with E-state index >= 15 is 0 Å². The second-order valence-corrected chi connectivity index (χ2v) is 11.3. The first-order valence-electron chi connectivity index (χ1n) is 12.6. The summed E-state index contributed by atoms with van der Waals surface area (Å²) in [6.45, 7) is 4.64. The van der Waals surface area contributed by atoms with Gasteiger partial charge in [-0.1, -0.05) is 41.9 Å². The lowest BCUT2D eigenvalue weighted by Crippen LogP contribution is -2.41. The van der Waals surface area contributed by atoms with Crippen molar-refractivity contribution in [1.29, 1.82) is 0 Å². The first-order chi connectivity index (χ1) is 18.8. The molecule has 4 rings (SSSR count). The Bertz CT molecular complexity index is 1550. The van der Waals surface area contributed by atoms with Gasteiger partial charge in [0, 0.05) is 41.9 Å². The quantitative estimate of drug-likeness (QED) is 0.234. The topological polar surface area (TPSA) is 101 Å². The number of carbonyl (C=O) groups excluding carboxylic acids is 1. The zero-order valence-corrected chi connectivity index (χ0v) is 23.4. The highest BCUT2D eigenvalue weighted by Gasteiger charge is 2.27. The van der Waals surface area contributed by atoms with Gasteiger partial charge >= 0.3 is 0 Å². The van der Waals surface area contributed by atoms with Gasteiger partial charge in [0.15, 0.2) is 0 Å². The molecule has 0 atom stereocenters. The number of anilines is 1. The number of amides is 1. The first-order valence-corrected chi connectivity index (χ1v) is 14.4. The van der Waals surface area contributed by atoms with Crippen molar-refractivity contribution in [3.63, 3.8) is 0 Å². The number of hydrogen-bond donors (Lipinski definition) is 2. The fourth-order valence-corrected chi connectivity index (χ4v) is 5.79. The van der Waals surface area contributed by atoms with Gasteiger partial charge < -0.3 is 15.4 Å². The summed E-state index contributed by atoms with van der Waals surface area (Å²) in [7, 11) is -3.97. The molecule has 0 spiro atoms. The number of nitrogens with zero attached hydrogens (tertiary/aromatic N) is 2. The molecule has 1 aromatic heterocycles. The zero-order valence-electron chi connectivity index (χ0n) is 21.9. The van der Waals surface area contributed by atoms with Gasteiger partial charge in [-0.2, -0.15) is 4.31 Å². The Kier molecular flexibility index (Phi) is 9.40. The van der Waals surface area contributed by atoms with Crippen LogP contribution in [0, 0.1) is 6.92 Å². The van der Waals surface area contributed by atoms with Crippen LogP contribution in [0.5, 0.6) is 5.75 Å². The minimum atomic E-state index is -3.97. The van der Waals surface area contributed by atoms with E-state index in [2.05, 4.69) is 15.6 Å².